The number of nitrogens with one attached hydrogen (secondary N) is 1. The predicted octanol–water partition coefficient (Wildman–Crippen LogP) is 3.81. The van der Waals surface area contributed by atoms with Gasteiger partial charge in [-0.25, -0.2) is 0 Å². The standard InChI is InChI=1S/C14H19N/c1-5-15-13(11-14(2,3)4)12-9-7-6-8-10-12/h5-11,15H,1H2,2-4H3. The summed E-state index contributed by atoms with van der Waals surface area (Å²) in [4.78, 5) is 0. The van der Waals surface area contributed by atoms with Gasteiger partial charge in [0.25, 0.3) is 0 Å². The van der Waals surface area contributed by atoms with Gasteiger partial charge >= 0.3 is 0 Å². The summed E-state index contributed by atoms with van der Waals surface area (Å²) in [6.45, 7) is 10.2. The number of benzene rings is 1. The van der Waals surface area contributed by atoms with Gasteiger partial charge in [0, 0.05) is 5.70 Å². The number of hydrogen-bond donors (Lipinski definition) is 1. The smallest absolute Gasteiger partial charge is 0.0417 e. The van der Waals surface area contributed by atoms with Crippen LogP contribution in [-0.4, -0.2) is 0 Å². The van der Waals surface area contributed by atoms with Crippen LogP contribution in [-0.2, 0) is 0 Å². The number of rotatable bonds is 3. The van der Waals surface area contributed by atoms with Gasteiger partial charge in [0.1, 0.15) is 0 Å². The van der Waals surface area contributed by atoms with E-state index >= 15 is 0 Å². The Morgan fingerprint density at radius 2 is 1.80 bits per heavy atom. The zero-order valence-electron chi connectivity index (χ0n) is 9.75. The lowest BCUT2D eigenvalue weighted by atomic mass is 9.93. The van der Waals surface area contributed by atoms with Gasteiger partial charge in [-0.1, -0.05) is 63.8 Å². The van der Waals surface area contributed by atoms with Crippen LogP contribution in [0.2, 0.25) is 0 Å². The van der Waals surface area contributed by atoms with Gasteiger partial charge in [0.15, 0.2) is 0 Å². The molecule has 0 unspecified atom stereocenters. The average molecular weight is 201 g/mol. The predicted molar refractivity (Wildman–Crippen MR) is 67.2 cm³/mol. The maximum absolute atomic E-state index is 3.70. The molecule has 0 heterocycles. The molecule has 0 saturated carbocycles. The third-order valence-corrected chi connectivity index (χ3v) is 1.92. The quantitative estimate of drug-likeness (QED) is 0.784. The highest BCUT2D eigenvalue weighted by atomic mass is 14.8. The van der Waals surface area contributed by atoms with Crippen LogP contribution in [0.5, 0.6) is 0 Å². The molecule has 1 rings (SSSR count). The molecule has 1 heteroatoms. The molecule has 1 aromatic rings. The average Bonchev–Trinajstić information content (AvgIpc) is 2.17. The van der Waals surface area contributed by atoms with E-state index in [1.165, 1.54) is 5.56 Å². The lowest BCUT2D eigenvalue weighted by molar-refractivity contribution is 0.544. The minimum Gasteiger partial charge on any atom is -0.362 e. The largest absolute Gasteiger partial charge is 0.362 e. The molecular formula is C14H19N. The van der Waals surface area contributed by atoms with Crippen LogP contribution in [0.15, 0.2) is 49.2 Å². The molecule has 0 aliphatic heterocycles. The molecule has 0 bridgehead atoms. The van der Waals surface area contributed by atoms with E-state index in [9.17, 15) is 0 Å². The lowest BCUT2D eigenvalue weighted by Crippen LogP contribution is -2.09. The molecule has 0 aliphatic rings. The fourth-order valence-electron chi connectivity index (χ4n) is 1.37. The summed E-state index contributed by atoms with van der Waals surface area (Å²) in [5.74, 6) is 0. The van der Waals surface area contributed by atoms with Gasteiger partial charge in [-0.3, -0.25) is 0 Å². The Bertz CT molecular complexity index is 341. The zero-order valence-corrected chi connectivity index (χ0v) is 9.75. The monoisotopic (exact) mass is 201 g/mol. The fraction of sp³-hybridized carbons (Fsp3) is 0.286. The first-order valence-corrected chi connectivity index (χ1v) is 5.18. The molecule has 0 radical (unpaired) electrons. The van der Waals surface area contributed by atoms with Gasteiger partial charge in [0.05, 0.1) is 0 Å². The van der Waals surface area contributed by atoms with E-state index in [0.29, 0.717) is 0 Å². The van der Waals surface area contributed by atoms with Crippen molar-refractivity contribution in [2.75, 3.05) is 0 Å². The van der Waals surface area contributed by atoms with E-state index in [0.717, 1.165) is 5.70 Å². The lowest BCUT2D eigenvalue weighted by Gasteiger charge is -2.16. The Balaban J connectivity index is 3.04. The first kappa shape index (κ1) is 11.6. The second-order valence-electron chi connectivity index (χ2n) is 4.64. The van der Waals surface area contributed by atoms with Crippen molar-refractivity contribution in [3.63, 3.8) is 0 Å². The van der Waals surface area contributed by atoms with Crippen molar-refractivity contribution in [2.24, 2.45) is 5.41 Å². The van der Waals surface area contributed by atoms with Crippen molar-refractivity contribution in [3.05, 3.63) is 54.8 Å². The third kappa shape index (κ3) is 4.03. The van der Waals surface area contributed by atoms with Crippen LogP contribution in [0, 0.1) is 5.41 Å². The highest BCUT2D eigenvalue weighted by Gasteiger charge is 2.08. The van der Waals surface area contributed by atoms with E-state index in [-0.39, 0.29) is 5.41 Å². The van der Waals surface area contributed by atoms with Crippen LogP contribution in [0.4, 0.5) is 0 Å². The van der Waals surface area contributed by atoms with Crippen LogP contribution >= 0.6 is 0 Å². The van der Waals surface area contributed by atoms with Crippen LogP contribution in [0.3, 0.4) is 0 Å². The van der Waals surface area contributed by atoms with Crippen molar-refractivity contribution in [2.45, 2.75) is 20.8 Å². The zero-order chi connectivity index (χ0) is 11.3. The molecule has 0 fully saturated rings. The SMILES string of the molecule is C=CNC(=CC(C)(C)C)c1ccccc1. The number of hydrogen-bond acceptors (Lipinski definition) is 1. The Morgan fingerprint density at radius 1 is 1.20 bits per heavy atom. The highest BCUT2D eigenvalue weighted by Crippen LogP contribution is 2.21. The highest BCUT2D eigenvalue weighted by molar-refractivity contribution is 5.65. The Hall–Kier alpha value is -1.50. The minimum absolute atomic E-state index is 0.154. The Kier molecular flexibility index (Phi) is 3.73. The molecular weight excluding hydrogens is 182 g/mol. The van der Waals surface area contributed by atoms with E-state index in [2.05, 4.69) is 50.9 Å². The van der Waals surface area contributed by atoms with Gasteiger partial charge in [-0.15, -0.1) is 0 Å². The molecule has 1 N–H and O–H groups in total. The van der Waals surface area contributed by atoms with Crippen LogP contribution < -0.4 is 5.32 Å². The van der Waals surface area contributed by atoms with Crippen LogP contribution in [0.25, 0.3) is 5.70 Å². The molecule has 1 nitrogen and oxygen atoms in total. The van der Waals surface area contributed by atoms with E-state index in [4.69, 9.17) is 0 Å². The van der Waals surface area contributed by atoms with Crippen molar-refractivity contribution < 1.29 is 0 Å². The Labute approximate surface area is 92.5 Å². The summed E-state index contributed by atoms with van der Waals surface area (Å²) in [7, 11) is 0. The van der Waals surface area contributed by atoms with Gasteiger partial charge < -0.3 is 5.32 Å². The van der Waals surface area contributed by atoms with Crippen molar-refractivity contribution in [1.82, 2.24) is 5.32 Å². The molecule has 1 aromatic carbocycles. The fourth-order valence-corrected chi connectivity index (χ4v) is 1.37. The maximum atomic E-state index is 3.70. The van der Waals surface area contributed by atoms with E-state index in [1.807, 2.05) is 18.2 Å². The molecule has 0 atom stereocenters. The molecule has 80 valence electrons. The summed E-state index contributed by atoms with van der Waals surface area (Å²) >= 11 is 0. The maximum Gasteiger partial charge on any atom is 0.0417 e. The molecule has 15 heavy (non-hydrogen) atoms. The Morgan fingerprint density at radius 3 is 2.27 bits per heavy atom. The summed E-state index contributed by atoms with van der Waals surface area (Å²) in [6.07, 6.45) is 3.93. The first-order chi connectivity index (χ1) is 7.03. The summed E-state index contributed by atoms with van der Waals surface area (Å²) in [5.41, 5.74) is 2.45. The molecule has 0 spiro atoms. The summed E-state index contributed by atoms with van der Waals surface area (Å²) < 4.78 is 0. The normalized spacial score (nSPS) is 12.3. The van der Waals surface area contributed by atoms with Gasteiger partial charge in [-0.05, 0) is 17.2 Å². The van der Waals surface area contributed by atoms with E-state index in [1.54, 1.807) is 6.20 Å². The van der Waals surface area contributed by atoms with Crippen LogP contribution in [0.1, 0.15) is 26.3 Å². The van der Waals surface area contributed by atoms with Gasteiger partial charge in [-0.2, -0.15) is 0 Å². The third-order valence-electron chi connectivity index (χ3n) is 1.92. The van der Waals surface area contributed by atoms with Crippen molar-refractivity contribution in [1.29, 1.82) is 0 Å². The van der Waals surface area contributed by atoms with E-state index < -0.39 is 0 Å². The molecule has 0 aliphatic carbocycles. The topological polar surface area (TPSA) is 12.0 Å². The van der Waals surface area contributed by atoms with Crippen molar-refractivity contribution >= 4 is 5.70 Å². The minimum atomic E-state index is 0.154. The second kappa shape index (κ2) is 4.83. The molecule has 0 aromatic heterocycles. The number of allylic oxidation sites excluding steroid dienone is 1. The van der Waals surface area contributed by atoms with Gasteiger partial charge in [0.2, 0.25) is 0 Å². The summed E-state index contributed by atoms with van der Waals surface area (Å²) in [5, 5.41) is 3.18. The summed E-state index contributed by atoms with van der Waals surface area (Å²) in [6, 6.07) is 10.3. The first-order valence-electron chi connectivity index (χ1n) is 5.18. The molecule has 0 saturated heterocycles. The molecule has 0 amide bonds. The van der Waals surface area contributed by atoms with Crippen molar-refractivity contribution in [3.8, 4) is 0 Å². The second-order valence-corrected chi connectivity index (χ2v) is 4.64.